The van der Waals surface area contributed by atoms with Crippen LogP contribution in [0.1, 0.15) is 78.6 Å². The molecule has 26 heavy (non-hydrogen) atoms. The summed E-state index contributed by atoms with van der Waals surface area (Å²) < 4.78 is 5.55. The summed E-state index contributed by atoms with van der Waals surface area (Å²) in [6, 6.07) is 0. The molecule has 0 amide bonds. The average molecular weight is 359 g/mol. The van der Waals surface area contributed by atoms with E-state index in [1.807, 2.05) is 0 Å². The molecular weight excluding hydrogens is 324 g/mol. The van der Waals surface area contributed by atoms with Gasteiger partial charge in [-0.2, -0.15) is 0 Å². The second-order valence-electron chi connectivity index (χ2n) is 10.2. The summed E-state index contributed by atoms with van der Waals surface area (Å²) in [7, 11) is 0. The molecule has 0 unspecified atom stereocenters. The molecule has 0 aromatic rings. The average Bonchev–Trinajstić information content (AvgIpc) is 2.87. The third kappa shape index (κ3) is 2.40. The van der Waals surface area contributed by atoms with Gasteiger partial charge in [-0.15, -0.1) is 6.42 Å². The van der Waals surface area contributed by atoms with Crippen molar-refractivity contribution in [1.82, 2.24) is 0 Å². The first-order chi connectivity index (χ1) is 12.2. The second-order valence-corrected chi connectivity index (χ2v) is 10.2. The van der Waals surface area contributed by atoms with E-state index in [0.29, 0.717) is 23.2 Å². The van der Waals surface area contributed by atoms with Crippen molar-refractivity contribution in [2.75, 3.05) is 0 Å². The van der Waals surface area contributed by atoms with E-state index in [2.05, 4.69) is 19.8 Å². The van der Waals surface area contributed by atoms with Gasteiger partial charge in [-0.1, -0.05) is 19.8 Å². The lowest BCUT2D eigenvalue weighted by Crippen LogP contribution is -2.56. The van der Waals surface area contributed by atoms with Crippen molar-refractivity contribution in [3.05, 3.63) is 0 Å². The second kappa shape index (κ2) is 5.99. The molecule has 4 fully saturated rings. The molecule has 3 heteroatoms. The highest BCUT2D eigenvalue weighted by Crippen LogP contribution is 2.68. The molecule has 0 spiro atoms. The molecular formula is C23H34O3. The molecule has 0 radical (unpaired) electrons. The largest absolute Gasteiger partial charge is 0.463 e. The number of hydrogen-bond donors (Lipinski definition) is 1. The predicted octanol–water partition coefficient (Wildman–Crippen LogP) is 4.33. The maximum absolute atomic E-state index is 11.4. The van der Waals surface area contributed by atoms with Gasteiger partial charge in [0.05, 0.1) is 0 Å². The molecule has 4 rings (SSSR count). The number of ether oxygens (including phenoxy) is 1. The fraction of sp³-hybridized carbons (Fsp3) is 0.870. The van der Waals surface area contributed by atoms with Gasteiger partial charge >= 0.3 is 5.97 Å². The van der Waals surface area contributed by atoms with Crippen LogP contribution in [0.4, 0.5) is 0 Å². The van der Waals surface area contributed by atoms with Gasteiger partial charge in [0.1, 0.15) is 11.7 Å². The fourth-order valence-electron chi connectivity index (χ4n) is 7.81. The lowest BCUT2D eigenvalue weighted by molar-refractivity contribution is -0.163. The molecule has 0 aromatic carbocycles. The van der Waals surface area contributed by atoms with Crippen molar-refractivity contribution in [2.24, 2.45) is 34.5 Å². The van der Waals surface area contributed by atoms with E-state index >= 15 is 0 Å². The monoisotopic (exact) mass is 358 g/mol. The smallest absolute Gasteiger partial charge is 0.302 e. The highest BCUT2D eigenvalue weighted by molar-refractivity contribution is 5.66. The van der Waals surface area contributed by atoms with Gasteiger partial charge in [0.25, 0.3) is 0 Å². The molecule has 0 aliphatic heterocycles. The van der Waals surface area contributed by atoms with Crippen molar-refractivity contribution in [2.45, 2.75) is 90.3 Å². The third-order valence-corrected chi connectivity index (χ3v) is 9.34. The minimum Gasteiger partial charge on any atom is -0.463 e. The number of hydrogen-bond acceptors (Lipinski definition) is 3. The SMILES string of the molecule is C#C[C@@]1(O)CC[C@H]2[C@@H]3CC[C@H]4C[C@@H](OC(C)=O)CC[C@]4(C)[C@H]3CC[C@@]21C. The van der Waals surface area contributed by atoms with Crippen LogP contribution in [0.15, 0.2) is 0 Å². The van der Waals surface area contributed by atoms with E-state index in [-0.39, 0.29) is 17.5 Å². The number of carbonyl (C=O) groups is 1. The van der Waals surface area contributed by atoms with Gasteiger partial charge in [0.2, 0.25) is 0 Å². The van der Waals surface area contributed by atoms with Crippen molar-refractivity contribution >= 4 is 5.97 Å². The van der Waals surface area contributed by atoms with Crippen molar-refractivity contribution in [1.29, 1.82) is 0 Å². The molecule has 0 saturated heterocycles. The maximum atomic E-state index is 11.4. The van der Waals surface area contributed by atoms with E-state index in [1.54, 1.807) is 0 Å². The van der Waals surface area contributed by atoms with Crippen LogP contribution in [0.3, 0.4) is 0 Å². The van der Waals surface area contributed by atoms with Gasteiger partial charge in [0.15, 0.2) is 0 Å². The van der Waals surface area contributed by atoms with Crippen LogP contribution in [0.2, 0.25) is 0 Å². The van der Waals surface area contributed by atoms with E-state index in [1.165, 1.54) is 32.6 Å². The predicted molar refractivity (Wildman–Crippen MR) is 101 cm³/mol. The van der Waals surface area contributed by atoms with E-state index in [9.17, 15) is 9.90 Å². The van der Waals surface area contributed by atoms with Gasteiger partial charge in [-0.25, -0.2) is 0 Å². The quantitative estimate of drug-likeness (QED) is 0.561. The van der Waals surface area contributed by atoms with Crippen LogP contribution in [0.5, 0.6) is 0 Å². The molecule has 3 nitrogen and oxygen atoms in total. The number of esters is 1. The van der Waals surface area contributed by atoms with Crippen LogP contribution in [0, 0.1) is 46.8 Å². The molecule has 4 aliphatic carbocycles. The van der Waals surface area contributed by atoms with Crippen molar-refractivity contribution in [3.63, 3.8) is 0 Å². The first-order valence-electron chi connectivity index (χ1n) is 10.6. The number of rotatable bonds is 1. The Morgan fingerprint density at radius 1 is 1.08 bits per heavy atom. The summed E-state index contributed by atoms with van der Waals surface area (Å²) in [6.45, 7) is 6.29. The van der Waals surface area contributed by atoms with Crippen LogP contribution in [0.25, 0.3) is 0 Å². The lowest BCUT2D eigenvalue weighted by Gasteiger charge is -2.61. The van der Waals surface area contributed by atoms with Gasteiger partial charge < -0.3 is 9.84 Å². The molecule has 0 bridgehead atoms. The van der Waals surface area contributed by atoms with Gasteiger partial charge in [0, 0.05) is 12.3 Å². The summed E-state index contributed by atoms with van der Waals surface area (Å²) in [5.74, 6) is 5.29. The zero-order valence-electron chi connectivity index (χ0n) is 16.6. The van der Waals surface area contributed by atoms with E-state index in [4.69, 9.17) is 11.2 Å². The van der Waals surface area contributed by atoms with Crippen molar-refractivity contribution in [3.8, 4) is 12.3 Å². The van der Waals surface area contributed by atoms with Crippen LogP contribution in [-0.2, 0) is 9.53 Å². The molecule has 144 valence electrons. The fourth-order valence-corrected chi connectivity index (χ4v) is 7.81. The Labute approximate surface area is 158 Å². The molecule has 0 heterocycles. The van der Waals surface area contributed by atoms with Gasteiger partial charge in [-0.05, 0) is 86.9 Å². The topological polar surface area (TPSA) is 46.5 Å². The Hall–Kier alpha value is -1.01. The normalized spacial score (nSPS) is 53.0. The molecule has 0 aromatic heterocycles. The number of terminal acetylenes is 1. The minimum atomic E-state index is -0.909. The summed E-state index contributed by atoms with van der Waals surface area (Å²) in [6.07, 6.45) is 15.7. The van der Waals surface area contributed by atoms with Crippen LogP contribution < -0.4 is 0 Å². The zero-order valence-corrected chi connectivity index (χ0v) is 16.6. The number of carbonyl (C=O) groups excluding carboxylic acids is 1. The molecule has 8 atom stereocenters. The van der Waals surface area contributed by atoms with Crippen LogP contribution in [-0.4, -0.2) is 22.8 Å². The Morgan fingerprint density at radius 3 is 2.50 bits per heavy atom. The number of fused-ring (bicyclic) bond motifs is 5. The summed E-state index contributed by atoms with van der Waals surface area (Å²) >= 11 is 0. The highest BCUT2D eigenvalue weighted by atomic mass is 16.5. The molecule has 1 N–H and O–H groups in total. The Bertz CT molecular complexity index is 636. The summed E-state index contributed by atoms with van der Waals surface area (Å²) in [4.78, 5) is 11.4. The minimum absolute atomic E-state index is 0.110. The standard InChI is InChI=1S/C23H34O3/c1-5-23(25)13-10-20-18-7-6-16-14-17(26-15(2)24)8-11-21(16,3)19(18)9-12-22(20,23)4/h1,16-20,25H,6-14H2,2-4H3/t16-,17-,18+,19-,20-,21-,22-,23+/m0/s1. The number of aliphatic hydroxyl groups is 1. The van der Waals surface area contributed by atoms with E-state index < -0.39 is 5.60 Å². The summed E-state index contributed by atoms with van der Waals surface area (Å²) in [5.41, 5.74) is -0.661. The first kappa shape index (κ1) is 18.4. The molecule has 4 aliphatic rings. The van der Waals surface area contributed by atoms with E-state index in [0.717, 1.165) is 38.0 Å². The Morgan fingerprint density at radius 2 is 1.81 bits per heavy atom. The molecule has 4 saturated carbocycles. The highest BCUT2D eigenvalue weighted by Gasteiger charge is 2.64. The van der Waals surface area contributed by atoms with Crippen LogP contribution >= 0.6 is 0 Å². The third-order valence-electron chi connectivity index (χ3n) is 9.34. The Balaban J connectivity index is 1.56. The van der Waals surface area contributed by atoms with Gasteiger partial charge in [-0.3, -0.25) is 4.79 Å². The first-order valence-corrected chi connectivity index (χ1v) is 10.6. The van der Waals surface area contributed by atoms with Crippen molar-refractivity contribution < 1.29 is 14.6 Å². The maximum Gasteiger partial charge on any atom is 0.302 e. The Kier molecular flexibility index (Phi) is 4.23. The zero-order chi connectivity index (χ0) is 18.7. The summed E-state index contributed by atoms with van der Waals surface area (Å²) in [5, 5.41) is 11.1. The lowest BCUT2D eigenvalue weighted by atomic mass is 9.44.